The zero-order chi connectivity index (χ0) is 14.8. The van der Waals surface area contributed by atoms with Crippen LogP contribution in [0.15, 0.2) is 0 Å². The summed E-state index contributed by atoms with van der Waals surface area (Å²) >= 11 is 0. The SMILES string of the molecule is CO[C@H]1CN(C(=O)OC(C)(C)C)CC1NCC1CCC1. The molecule has 116 valence electrons. The Morgan fingerprint density at radius 2 is 2.00 bits per heavy atom. The molecule has 5 heteroatoms. The maximum Gasteiger partial charge on any atom is 0.410 e. The molecule has 0 radical (unpaired) electrons. The summed E-state index contributed by atoms with van der Waals surface area (Å²) in [6, 6.07) is 0.216. The van der Waals surface area contributed by atoms with Crippen molar-refractivity contribution in [3.8, 4) is 0 Å². The predicted octanol–water partition coefficient (Wildman–Crippen LogP) is 2.01. The van der Waals surface area contributed by atoms with E-state index in [4.69, 9.17) is 9.47 Å². The van der Waals surface area contributed by atoms with Gasteiger partial charge in [0.05, 0.1) is 18.7 Å². The van der Waals surface area contributed by atoms with E-state index in [-0.39, 0.29) is 18.2 Å². The van der Waals surface area contributed by atoms with Gasteiger partial charge in [-0.3, -0.25) is 0 Å². The second kappa shape index (κ2) is 6.31. The van der Waals surface area contributed by atoms with E-state index < -0.39 is 5.60 Å². The summed E-state index contributed by atoms with van der Waals surface area (Å²) in [6.45, 7) is 7.98. The van der Waals surface area contributed by atoms with Gasteiger partial charge in [-0.15, -0.1) is 0 Å². The number of rotatable bonds is 4. The average molecular weight is 284 g/mol. The molecule has 0 aromatic rings. The molecule has 1 aliphatic heterocycles. The van der Waals surface area contributed by atoms with Crippen molar-refractivity contribution in [2.75, 3.05) is 26.7 Å². The van der Waals surface area contributed by atoms with Gasteiger partial charge in [0.15, 0.2) is 0 Å². The fourth-order valence-corrected chi connectivity index (χ4v) is 2.70. The predicted molar refractivity (Wildman–Crippen MR) is 77.7 cm³/mol. The van der Waals surface area contributed by atoms with Gasteiger partial charge in [0.25, 0.3) is 0 Å². The molecule has 1 aliphatic carbocycles. The van der Waals surface area contributed by atoms with Gasteiger partial charge in [0.1, 0.15) is 5.60 Å². The summed E-state index contributed by atoms with van der Waals surface area (Å²) in [4.78, 5) is 13.8. The Morgan fingerprint density at radius 1 is 1.30 bits per heavy atom. The van der Waals surface area contributed by atoms with Crippen LogP contribution in [0.25, 0.3) is 0 Å². The first-order chi connectivity index (χ1) is 9.39. The molecule has 1 heterocycles. The number of amides is 1. The minimum atomic E-state index is -0.447. The first kappa shape index (κ1) is 15.6. The molecule has 1 saturated carbocycles. The molecule has 1 N–H and O–H groups in total. The second-order valence-electron chi connectivity index (χ2n) is 6.97. The summed E-state index contributed by atoms with van der Waals surface area (Å²) in [5.41, 5.74) is -0.447. The fourth-order valence-electron chi connectivity index (χ4n) is 2.70. The highest BCUT2D eigenvalue weighted by molar-refractivity contribution is 5.68. The molecule has 0 aromatic heterocycles. The van der Waals surface area contributed by atoms with Gasteiger partial charge in [-0.1, -0.05) is 6.42 Å². The Labute approximate surface area is 122 Å². The van der Waals surface area contributed by atoms with Gasteiger partial charge in [0.2, 0.25) is 0 Å². The van der Waals surface area contributed by atoms with E-state index in [0.29, 0.717) is 13.1 Å². The number of methoxy groups -OCH3 is 1. The Hall–Kier alpha value is -0.810. The van der Waals surface area contributed by atoms with E-state index in [1.807, 2.05) is 20.8 Å². The maximum atomic E-state index is 12.1. The Kier molecular flexibility index (Phi) is 4.91. The molecule has 0 bridgehead atoms. The first-order valence-corrected chi connectivity index (χ1v) is 7.63. The van der Waals surface area contributed by atoms with Crippen LogP contribution in [-0.4, -0.2) is 55.5 Å². The second-order valence-corrected chi connectivity index (χ2v) is 6.97. The van der Waals surface area contributed by atoms with E-state index in [1.165, 1.54) is 19.3 Å². The molecule has 5 nitrogen and oxygen atoms in total. The molecule has 1 amide bonds. The third-order valence-electron chi connectivity index (χ3n) is 4.11. The Bertz CT molecular complexity index is 337. The molecule has 2 atom stereocenters. The van der Waals surface area contributed by atoms with Crippen LogP contribution in [0.1, 0.15) is 40.0 Å². The van der Waals surface area contributed by atoms with E-state index in [9.17, 15) is 4.79 Å². The maximum absolute atomic E-state index is 12.1. The quantitative estimate of drug-likeness (QED) is 0.858. The summed E-state index contributed by atoms with van der Waals surface area (Å²) in [5, 5.41) is 3.56. The Morgan fingerprint density at radius 3 is 2.50 bits per heavy atom. The largest absolute Gasteiger partial charge is 0.444 e. The van der Waals surface area contributed by atoms with Crippen molar-refractivity contribution in [2.45, 2.75) is 57.8 Å². The van der Waals surface area contributed by atoms with Crippen LogP contribution in [0.4, 0.5) is 4.79 Å². The van der Waals surface area contributed by atoms with Crippen LogP contribution >= 0.6 is 0 Å². The number of hydrogen-bond donors (Lipinski definition) is 1. The zero-order valence-corrected chi connectivity index (χ0v) is 13.1. The third-order valence-corrected chi connectivity index (χ3v) is 4.11. The van der Waals surface area contributed by atoms with Gasteiger partial charge in [-0.05, 0) is 46.1 Å². The van der Waals surface area contributed by atoms with Crippen LogP contribution in [-0.2, 0) is 9.47 Å². The van der Waals surface area contributed by atoms with Crippen molar-refractivity contribution >= 4 is 6.09 Å². The lowest BCUT2D eigenvalue weighted by Crippen LogP contribution is -2.43. The number of nitrogens with zero attached hydrogens (tertiary/aromatic N) is 1. The Balaban J connectivity index is 1.82. The van der Waals surface area contributed by atoms with Crippen molar-refractivity contribution in [3.63, 3.8) is 0 Å². The number of carbonyl (C=O) groups excluding carboxylic acids is 1. The third kappa shape index (κ3) is 4.09. The number of hydrogen-bond acceptors (Lipinski definition) is 4. The van der Waals surface area contributed by atoms with Gasteiger partial charge < -0.3 is 19.7 Å². The van der Waals surface area contributed by atoms with Crippen LogP contribution in [0.3, 0.4) is 0 Å². The number of likely N-dealkylation sites (tertiary alicyclic amines) is 1. The number of ether oxygens (including phenoxy) is 2. The van der Waals surface area contributed by atoms with E-state index in [2.05, 4.69) is 5.32 Å². The molecule has 2 aliphatic rings. The first-order valence-electron chi connectivity index (χ1n) is 7.63. The zero-order valence-electron chi connectivity index (χ0n) is 13.1. The minimum absolute atomic E-state index is 0.0580. The highest BCUT2D eigenvalue weighted by Crippen LogP contribution is 2.26. The van der Waals surface area contributed by atoms with E-state index in [1.54, 1.807) is 12.0 Å². The summed E-state index contributed by atoms with van der Waals surface area (Å²) in [5.74, 6) is 0.808. The van der Waals surface area contributed by atoms with E-state index in [0.717, 1.165) is 12.5 Å². The fraction of sp³-hybridized carbons (Fsp3) is 0.933. The topological polar surface area (TPSA) is 50.8 Å². The van der Waals surface area contributed by atoms with Crippen molar-refractivity contribution < 1.29 is 14.3 Å². The van der Waals surface area contributed by atoms with Crippen molar-refractivity contribution in [1.29, 1.82) is 0 Å². The molecule has 0 aromatic carbocycles. The smallest absolute Gasteiger partial charge is 0.410 e. The van der Waals surface area contributed by atoms with E-state index >= 15 is 0 Å². The molecule has 2 rings (SSSR count). The van der Waals surface area contributed by atoms with Crippen LogP contribution in [0.5, 0.6) is 0 Å². The van der Waals surface area contributed by atoms with Crippen LogP contribution < -0.4 is 5.32 Å². The molecular formula is C15H28N2O3. The van der Waals surface area contributed by atoms with Crippen molar-refractivity contribution in [1.82, 2.24) is 10.2 Å². The molecule has 2 fully saturated rings. The number of nitrogens with one attached hydrogen (secondary N) is 1. The van der Waals surface area contributed by atoms with Crippen LogP contribution in [0.2, 0.25) is 0 Å². The van der Waals surface area contributed by atoms with Crippen molar-refractivity contribution in [3.05, 3.63) is 0 Å². The highest BCUT2D eigenvalue weighted by Gasteiger charge is 2.37. The normalized spacial score (nSPS) is 27.5. The standard InChI is InChI=1S/C15H28N2O3/c1-15(2,3)20-14(18)17-9-12(13(10-17)19-4)16-8-11-6-5-7-11/h11-13,16H,5-10H2,1-4H3/t12?,13-/m0/s1. The van der Waals surface area contributed by atoms with Crippen molar-refractivity contribution in [2.24, 2.45) is 5.92 Å². The molecule has 20 heavy (non-hydrogen) atoms. The lowest BCUT2D eigenvalue weighted by Gasteiger charge is -2.28. The van der Waals surface area contributed by atoms with Gasteiger partial charge >= 0.3 is 6.09 Å². The molecule has 0 spiro atoms. The van der Waals surface area contributed by atoms with Crippen LogP contribution in [0, 0.1) is 5.92 Å². The summed E-state index contributed by atoms with van der Waals surface area (Å²) < 4.78 is 10.9. The number of carbonyl (C=O) groups is 1. The lowest BCUT2D eigenvalue weighted by molar-refractivity contribution is 0.0252. The molecule has 1 unspecified atom stereocenters. The highest BCUT2D eigenvalue weighted by atomic mass is 16.6. The minimum Gasteiger partial charge on any atom is -0.444 e. The monoisotopic (exact) mass is 284 g/mol. The average Bonchev–Trinajstić information content (AvgIpc) is 2.68. The summed E-state index contributed by atoms with van der Waals surface area (Å²) in [7, 11) is 1.71. The molecule has 1 saturated heterocycles. The summed E-state index contributed by atoms with van der Waals surface area (Å²) in [6.07, 6.45) is 3.82. The lowest BCUT2D eigenvalue weighted by atomic mass is 9.85. The van der Waals surface area contributed by atoms with Gasteiger partial charge in [-0.2, -0.15) is 0 Å². The van der Waals surface area contributed by atoms with Gasteiger partial charge in [0, 0.05) is 13.7 Å². The molecular weight excluding hydrogens is 256 g/mol. The van der Waals surface area contributed by atoms with Gasteiger partial charge in [-0.25, -0.2) is 4.79 Å².